The Morgan fingerprint density at radius 2 is 1.94 bits per heavy atom. The first-order chi connectivity index (χ1) is 8.72. The second kappa shape index (κ2) is 5.96. The minimum absolute atomic E-state index is 0.419. The van der Waals surface area contributed by atoms with Gasteiger partial charge in [0.1, 0.15) is 0 Å². The van der Waals surface area contributed by atoms with Gasteiger partial charge in [0, 0.05) is 17.6 Å². The molecule has 0 amide bonds. The molecular formula is C16H22N2. The van der Waals surface area contributed by atoms with Gasteiger partial charge in [0.25, 0.3) is 0 Å². The molecular weight excluding hydrogens is 220 g/mol. The molecule has 2 nitrogen and oxygen atoms in total. The highest BCUT2D eigenvalue weighted by Crippen LogP contribution is 2.27. The van der Waals surface area contributed by atoms with Gasteiger partial charge in [-0.1, -0.05) is 39.0 Å². The van der Waals surface area contributed by atoms with Crippen molar-refractivity contribution in [2.24, 2.45) is 5.92 Å². The molecule has 0 aliphatic carbocycles. The molecule has 0 aliphatic rings. The van der Waals surface area contributed by atoms with Crippen LogP contribution >= 0.6 is 0 Å². The highest BCUT2D eigenvalue weighted by atomic mass is 14.9. The number of nitrogens with one attached hydrogen (secondary N) is 1. The largest absolute Gasteiger partial charge is 0.310 e. The summed E-state index contributed by atoms with van der Waals surface area (Å²) >= 11 is 0. The Labute approximate surface area is 109 Å². The second-order valence-electron chi connectivity index (χ2n) is 5.16. The Kier molecular flexibility index (Phi) is 4.32. The summed E-state index contributed by atoms with van der Waals surface area (Å²) in [7, 11) is 0. The summed E-state index contributed by atoms with van der Waals surface area (Å²) in [5.41, 5.74) is 2.46. The lowest BCUT2D eigenvalue weighted by Gasteiger charge is -2.21. The standard InChI is InChI=1S/C16H22N2/c1-4-17-16(11-12(2)3)14-9-10-18-15-8-6-5-7-13(14)15/h5-10,12,16-17H,4,11H2,1-3H3. The fourth-order valence-electron chi connectivity index (χ4n) is 2.46. The van der Waals surface area contributed by atoms with Gasteiger partial charge in [-0.05, 0) is 36.6 Å². The summed E-state index contributed by atoms with van der Waals surface area (Å²) in [4.78, 5) is 4.44. The lowest BCUT2D eigenvalue weighted by molar-refractivity contribution is 0.440. The molecule has 0 fully saturated rings. The number of hydrogen-bond donors (Lipinski definition) is 1. The maximum absolute atomic E-state index is 4.44. The zero-order chi connectivity index (χ0) is 13.0. The number of nitrogens with zero attached hydrogens (tertiary/aromatic N) is 1. The SMILES string of the molecule is CCNC(CC(C)C)c1ccnc2ccccc12. The zero-order valence-corrected chi connectivity index (χ0v) is 11.5. The molecule has 2 heteroatoms. The summed E-state index contributed by atoms with van der Waals surface area (Å²) in [5.74, 6) is 0.681. The van der Waals surface area contributed by atoms with Gasteiger partial charge in [0.15, 0.2) is 0 Å². The van der Waals surface area contributed by atoms with E-state index < -0.39 is 0 Å². The van der Waals surface area contributed by atoms with Crippen LogP contribution in [0, 0.1) is 5.92 Å². The van der Waals surface area contributed by atoms with Gasteiger partial charge in [0.05, 0.1) is 5.52 Å². The molecule has 1 heterocycles. The predicted molar refractivity (Wildman–Crippen MR) is 77.6 cm³/mol. The Morgan fingerprint density at radius 1 is 1.17 bits per heavy atom. The van der Waals surface area contributed by atoms with Crippen molar-refractivity contribution < 1.29 is 0 Å². The lowest BCUT2D eigenvalue weighted by atomic mass is 9.94. The molecule has 1 aromatic carbocycles. The van der Waals surface area contributed by atoms with Crippen LogP contribution in [0.5, 0.6) is 0 Å². The van der Waals surface area contributed by atoms with Crippen molar-refractivity contribution in [1.82, 2.24) is 10.3 Å². The van der Waals surface area contributed by atoms with Crippen molar-refractivity contribution in [2.45, 2.75) is 33.2 Å². The van der Waals surface area contributed by atoms with Gasteiger partial charge in [-0.15, -0.1) is 0 Å². The maximum atomic E-state index is 4.44. The number of pyridine rings is 1. The van der Waals surface area contributed by atoms with Crippen LogP contribution in [0.3, 0.4) is 0 Å². The summed E-state index contributed by atoms with van der Waals surface area (Å²) < 4.78 is 0. The van der Waals surface area contributed by atoms with Gasteiger partial charge >= 0.3 is 0 Å². The Morgan fingerprint density at radius 3 is 2.67 bits per heavy atom. The van der Waals surface area contributed by atoms with Crippen molar-refractivity contribution in [3.05, 3.63) is 42.1 Å². The number of aromatic nitrogens is 1. The molecule has 1 N–H and O–H groups in total. The number of benzene rings is 1. The smallest absolute Gasteiger partial charge is 0.0705 e. The van der Waals surface area contributed by atoms with E-state index in [1.54, 1.807) is 0 Å². The third-order valence-electron chi connectivity index (χ3n) is 3.22. The van der Waals surface area contributed by atoms with Crippen LogP contribution in [0.4, 0.5) is 0 Å². The number of para-hydroxylation sites is 1. The van der Waals surface area contributed by atoms with E-state index in [4.69, 9.17) is 0 Å². The molecule has 1 atom stereocenters. The highest BCUT2D eigenvalue weighted by Gasteiger charge is 2.14. The van der Waals surface area contributed by atoms with Crippen molar-refractivity contribution in [1.29, 1.82) is 0 Å². The van der Waals surface area contributed by atoms with Gasteiger partial charge in [-0.25, -0.2) is 0 Å². The van der Waals surface area contributed by atoms with E-state index in [2.05, 4.69) is 55.3 Å². The first kappa shape index (κ1) is 13.0. The van der Waals surface area contributed by atoms with Gasteiger partial charge in [0.2, 0.25) is 0 Å². The molecule has 0 aliphatic heterocycles. The fraction of sp³-hybridized carbons (Fsp3) is 0.438. The molecule has 0 saturated heterocycles. The summed E-state index contributed by atoms with van der Waals surface area (Å²) in [6.45, 7) is 7.70. The number of fused-ring (bicyclic) bond motifs is 1. The molecule has 0 spiro atoms. The highest BCUT2D eigenvalue weighted by molar-refractivity contribution is 5.82. The monoisotopic (exact) mass is 242 g/mol. The third-order valence-corrected chi connectivity index (χ3v) is 3.22. The van der Waals surface area contributed by atoms with Gasteiger partial charge in [-0.2, -0.15) is 0 Å². The molecule has 1 unspecified atom stereocenters. The van der Waals surface area contributed by atoms with E-state index in [-0.39, 0.29) is 0 Å². The summed E-state index contributed by atoms with van der Waals surface area (Å²) in [6, 6.07) is 11.0. The first-order valence-corrected chi connectivity index (χ1v) is 6.79. The zero-order valence-electron chi connectivity index (χ0n) is 11.5. The van der Waals surface area contributed by atoms with E-state index in [0.717, 1.165) is 18.5 Å². The summed E-state index contributed by atoms with van der Waals surface area (Å²) in [6.07, 6.45) is 3.07. The molecule has 2 aromatic rings. The number of hydrogen-bond acceptors (Lipinski definition) is 2. The molecule has 0 saturated carbocycles. The Bertz CT molecular complexity index is 500. The second-order valence-corrected chi connectivity index (χ2v) is 5.16. The van der Waals surface area contributed by atoms with Crippen LogP contribution in [0.2, 0.25) is 0 Å². The number of rotatable bonds is 5. The Balaban J connectivity index is 2.43. The van der Waals surface area contributed by atoms with Crippen LogP contribution < -0.4 is 5.32 Å². The summed E-state index contributed by atoms with van der Waals surface area (Å²) in [5, 5.41) is 4.86. The van der Waals surface area contributed by atoms with E-state index in [9.17, 15) is 0 Å². The van der Waals surface area contributed by atoms with Crippen LogP contribution in [0.1, 0.15) is 38.8 Å². The predicted octanol–water partition coefficient (Wildman–Crippen LogP) is 3.93. The molecule has 2 rings (SSSR count). The van der Waals surface area contributed by atoms with Crippen LogP contribution in [-0.2, 0) is 0 Å². The van der Waals surface area contributed by atoms with Crippen LogP contribution in [-0.4, -0.2) is 11.5 Å². The molecule has 1 aromatic heterocycles. The molecule has 96 valence electrons. The average molecular weight is 242 g/mol. The van der Waals surface area contributed by atoms with Gasteiger partial charge < -0.3 is 5.32 Å². The Hall–Kier alpha value is -1.41. The van der Waals surface area contributed by atoms with E-state index >= 15 is 0 Å². The van der Waals surface area contributed by atoms with Crippen molar-refractivity contribution in [3.63, 3.8) is 0 Å². The minimum atomic E-state index is 0.419. The maximum Gasteiger partial charge on any atom is 0.0705 e. The lowest BCUT2D eigenvalue weighted by Crippen LogP contribution is -2.22. The average Bonchev–Trinajstić information content (AvgIpc) is 2.37. The fourth-order valence-corrected chi connectivity index (χ4v) is 2.46. The van der Waals surface area contributed by atoms with Crippen molar-refractivity contribution >= 4 is 10.9 Å². The topological polar surface area (TPSA) is 24.9 Å². The van der Waals surface area contributed by atoms with Crippen LogP contribution in [0.15, 0.2) is 36.5 Å². The minimum Gasteiger partial charge on any atom is -0.310 e. The first-order valence-electron chi connectivity index (χ1n) is 6.79. The van der Waals surface area contributed by atoms with Crippen molar-refractivity contribution in [2.75, 3.05) is 6.54 Å². The van der Waals surface area contributed by atoms with Crippen molar-refractivity contribution in [3.8, 4) is 0 Å². The normalized spacial score (nSPS) is 13.1. The van der Waals surface area contributed by atoms with E-state index in [1.165, 1.54) is 10.9 Å². The van der Waals surface area contributed by atoms with E-state index in [1.807, 2.05) is 12.3 Å². The third kappa shape index (κ3) is 2.88. The molecule has 18 heavy (non-hydrogen) atoms. The van der Waals surface area contributed by atoms with Gasteiger partial charge in [-0.3, -0.25) is 4.98 Å². The van der Waals surface area contributed by atoms with E-state index in [0.29, 0.717) is 12.0 Å². The quantitative estimate of drug-likeness (QED) is 0.859. The molecule has 0 radical (unpaired) electrons. The molecule has 0 bridgehead atoms. The van der Waals surface area contributed by atoms with Crippen LogP contribution in [0.25, 0.3) is 10.9 Å².